The zero-order chi connectivity index (χ0) is 24.3. The highest BCUT2D eigenvalue weighted by molar-refractivity contribution is 5.95. The summed E-state index contributed by atoms with van der Waals surface area (Å²) in [5.41, 5.74) is -1.55. The Morgan fingerprint density at radius 1 is 1.06 bits per heavy atom. The number of aromatic nitrogens is 3. The molecule has 7 nitrogen and oxygen atoms in total. The molecule has 1 aliphatic heterocycles. The van der Waals surface area contributed by atoms with Gasteiger partial charge in [-0.1, -0.05) is 18.2 Å². The molecule has 0 saturated carbocycles. The molecule has 178 valence electrons. The normalized spacial score (nSPS) is 14.8. The number of rotatable bonds is 5. The molecule has 0 spiro atoms. The largest absolute Gasteiger partial charge is 0.434 e. The van der Waals surface area contributed by atoms with E-state index in [1.54, 1.807) is 18.5 Å². The van der Waals surface area contributed by atoms with Crippen LogP contribution in [0.15, 0.2) is 55.0 Å². The lowest BCUT2D eigenvalue weighted by molar-refractivity contribution is -0.143. The number of benzene rings is 1. The molecule has 0 bridgehead atoms. The average Bonchev–Trinajstić information content (AvgIpc) is 3.29. The number of nitrogens with one attached hydrogen (secondary N) is 1. The van der Waals surface area contributed by atoms with Gasteiger partial charge in [0.2, 0.25) is 5.91 Å². The van der Waals surface area contributed by atoms with E-state index in [1.165, 1.54) is 17.0 Å². The van der Waals surface area contributed by atoms with E-state index in [1.807, 2.05) is 6.07 Å². The second-order valence-corrected chi connectivity index (χ2v) is 7.91. The number of piperidine rings is 1. The summed E-state index contributed by atoms with van der Waals surface area (Å²) in [4.78, 5) is 30.7. The van der Waals surface area contributed by atoms with Crippen LogP contribution in [0.1, 0.15) is 34.5 Å². The molecule has 0 radical (unpaired) electrons. The van der Waals surface area contributed by atoms with E-state index < -0.39 is 34.8 Å². The first kappa shape index (κ1) is 23.4. The van der Waals surface area contributed by atoms with Gasteiger partial charge in [0.1, 0.15) is 11.5 Å². The van der Waals surface area contributed by atoms with Gasteiger partial charge in [-0.3, -0.25) is 14.6 Å². The molecular formula is C23H21F4N5O2. The van der Waals surface area contributed by atoms with Crippen LogP contribution in [-0.2, 0) is 17.5 Å². The number of alkyl halides is 3. The number of nitrogens with zero attached hydrogens (tertiary/aromatic N) is 4. The van der Waals surface area contributed by atoms with Crippen LogP contribution in [0.4, 0.5) is 17.6 Å². The smallest absolute Gasteiger partial charge is 0.352 e. The van der Waals surface area contributed by atoms with E-state index in [4.69, 9.17) is 0 Å². The molecule has 2 aromatic heterocycles. The highest BCUT2D eigenvalue weighted by atomic mass is 19.4. The van der Waals surface area contributed by atoms with Gasteiger partial charge < -0.3 is 10.2 Å². The molecule has 1 fully saturated rings. The van der Waals surface area contributed by atoms with Crippen molar-refractivity contribution in [2.45, 2.75) is 25.6 Å². The summed E-state index contributed by atoms with van der Waals surface area (Å²) >= 11 is 0. The van der Waals surface area contributed by atoms with Crippen LogP contribution in [0.25, 0.3) is 5.69 Å². The zero-order valence-electron chi connectivity index (χ0n) is 17.9. The Labute approximate surface area is 192 Å². The zero-order valence-corrected chi connectivity index (χ0v) is 17.9. The Kier molecular flexibility index (Phi) is 6.62. The van der Waals surface area contributed by atoms with Crippen molar-refractivity contribution in [1.29, 1.82) is 0 Å². The fourth-order valence-corrected chi connectivity index (χ4v) is 3.94. The maximum Gasteiger partial charge on any atom is 0.434 e. The van der Waals surface area contributed by atoms with Crippen molar-refractivity contribution in [3.63, 3.8) is 0 Å². The van der Waals surface area contributed by atoms with Crippen LogP contribution in [0.5, 0.6) is 0 Å². The Balaban J connectivity index is 1.45. The number of hydrogen-bond donors (Lipinski definition) is 1. The summed E-state index contributed by atoms with van der Waals surface area (Å²) in [6.45, 7) is 0.550. The van der Waals surface area contributed by atoms with Crippen LogP contribution in [0, 0.1) is 11.7 Å². The molecule has 1 N–H and O–H groups in total. The van der Waals surface area contributed by atoms with Gasteiger partial charge in [0.05, 0.1) is 11.8 Å². The van der Waals surface area contributed by atoms with E-state index in [-0.39, 0.29) is 24.9 Å². The first-order chi connectivity index (χ1) is 16.3. The predicted octanol–water partition coefficient (Wildman–Crippen LogP) is 3.59. The highest BCUT2D eigenvalue weighted by Gasteiger charge is 2.42. The first-order valence-electron chi connectivity index (χ1n) is 10.6. The number of amides is 2. The van der Waals surface area contributed by atoms with Gasteiger partial charge in [0.15, 0.2) is 5.69 Å². The molecule has 11 heteroatoms. The van der Waals surface area contributed by atoms with Crippen molar-refractivity contribution in [2.75, 3.05) is 13.1 Å². The molecule has 2 amide bonds. The van der Waals surface area contributed by atoms with Gasteiger partial charge in [-0.15, -0.1) is 0 Å². The molecule has 0 aliphatic carbocycles. The molecule has 1 aliphatic rings. The van der Waals surface area contributed by atoms with E-state index in [0.717, 1.165) is 23.9 Å². The number of halogens is 4. The van der Waals surface area contributed by atoms with Crippen LogP contribution in [-0.4, -0.2) is 44.6 Å². The molecule has 3 heterocycles. The minimum Gasteiger partial charge on any atom is -0.352 e. The SMILES string of the molecule is O=C(NCc1cccnc1)C1CCN(C(=O)c2cnn(-c3ccccc3F)c2C(F)(F)F)CC1. The Morgan fingerprint density at radius 3 is 2.44 bits per heavy atom. The second-order valence-electron chi connectivity index (χ2n) is 7.91. The third-order valence-corrected chi connectivity index (χ3v) is 5.69. The second kappa shape index (κ2) is 9.62. The summed E-state index contributed by atoms with van der Waals surface area (Å²) in [5, 5.41) is 6.49. The van der Waals surface area contributed by atoms with Crippen LogP contribution < -0.4 is 5.32 Å². The lowest BCUT2D eigenvalue weighted by atomic mass is 9.95. The van der Waals surface area contributed by atoms with E-state index >= 15 is 0 Å². The fourth-order valence-electron chi connectivity index (χ4n) is 3.94. The fraction of sp³-hybridized carbons (Fsp3) is 0.304. The molecule has 3 aromatic rings. The van der Waals surface area contributed by atoms with Crippen LogP contribution >= 0.6 is 0 Å². The molecule has 34 heavy (non-hydrogen) atoms. The van der Waals surface area contributed by atoms with Crippen molar-refractivity contribution >= 4 is 11.8 Å². The quantitative estimate of drug-likeness (QED) is 0.572. The Morgan fingerprint density at radius 2 is 1.79 bits per heavy atom. The van der Waals surface area contributed by atoms with Gasteiger partial charge in [-0.05, 0) is 36.6 Å². The summed E-state index contributed by atoms with van der Waals surface area (Å²) in [6, 6.07) is 8.48. The van der Waals surface area contributed by atoms with Crippen molar-refractivity contribution < 1.29 is 27.2 Å². The molecule has 4 rings (SSSR count). The van der Waals surface area contributed by atoms with Crippen LogP contribution in [0.2, 0.25) is 0 Å². The molecule has 0 unspecified atom stereocenters. The van der Waals surface area contributed by atoms with Gasteiger partial charge >= 0.3 is 6.18 Å². The summed E-state index contributed by atoms with van der Waals surface area (Å²) in [5.74, 6) is -2.29. The van der Waals surface area contributed by atoms with Crippen molar-refractivity contribution in [1.82, 2.24) is 25.0 Å². The Hall–Kier alpha value is -3.76. The van der Waals surface area contributed by atoms with E-state index in [0.29, 0.717) is 24.1 Å². The van der Waals surface area contributed by atoms with Crippen molar-refractivity contribution in [3.8, 4) is 5.69 Å². The number of para-hydroxylation sites is 1. The van der Waals surface area contributed by atoms with Gasteiger partial charge in [0, 0.05) is 37.9 Å². The van der Waals surface area contributed by atoms with Gasteiger partial charge in [-0.25, -0.2) is 9.07 Å². The van der Waals surface area contributed by atoms with Crippen LogP contribution in [0.3, 0.4) is 0 Å². The maximum atomic E-state index is 14.1. The topological polar surface area (TPSA) is 80.1 Å². The lowest BCUT2D eigenvalue weighted by Gasteiger charge is -2.31. The lowest BCUT2D eigenvalue weighted by Crippen LogP contribution is -2.43. The first-order valence-corrected chi connectivity index (χ1v) is 10.6. The summed E-state index contributed by atoms with van der Waals surface area (Å²) in [6.07, 6.45) is -0.233. The molecule has 0 atom stereocenters. The number of pyridine rings is 1. The number of likely N-dealkylation sites (tertiary alicyclic amines) is 1. The standard InChI is InChI=1S/C23H21F4N5O2/c24-18-5-1-2-6-19(18)32-20(23(25,26)27)17(14-30-32)22(34)31-10-7-16(8-11-31)21(33)29-13-15-4-3-9-28-12-15/h1-6,9,12,14,16H,7-8,10-11,13H2,(H,29,33). The average molecular weight is 475 g/mol. The molecule has 1 aromatic carbocycles. The monoisotopic (exact) mass is 475 g/mol. The van der Waals surface area contributed by atoms with E-state index in [9.17, 15) is 27.2 Å². The minimum absolute atomic E-state index is 0.117. The predicted molar refractivity (Wildman–Crippen MR) is 113 cm³/mol. The summed E-state index contributed by atoms with van der Waals surface area (Å²) in [7, 11) is 0. The maximum absolute atomic E-state index is 14.1. The number of carbonyl (C=O) groups excluding carboxylic acids is 2. The van der Waals surface area contributed by atoms with Crippen molar-refractivity contribution in [2.24, 2.45) is 5.92 Å². The molecular weight excluding hydrogens is 454 g/mol. The highest BCUT2D eigenvalue weighted by Crippen LogP contribution is 2.35. The van der Waals surface area contributed by atoms with E-state index in [2.05, 4.69) is 15.4 Å². The van der Waals surface area contributed by atoms with Gasteiger partial charge in [-0.2, -0.15) is 18.3 Å². The summed E-state index contributed by atoms with van der Waals surface area (Å²) < 4.78 is 56.1. The van der Waals surface area contributed by atoms with Crippen molar-refractivity contribution in [3.05, 3.63) is 77.6 Å². The third kappa shape index (κ3) is 4.92. The number of hydrogen-bond acceptors (Lipinski definition) is 4. The third-order valence-electron chi connectivity index (χ3n) is 5.69. The number of carbonyl (C=O) groups is 2. The Bertz CT molecular complexity index is 1170. The minimum atomic E-state index is -4.94. The van der Waals surface area contributed by atoms with Gasteiger partial charge in [0.25, 0.3) is 5.91 Å². The molecule has 1 saturated heterocycles.